The minimum atomic E-state index is -3.54. The summed E-state index contributed by atoms with van der Waals surface area (Å²) in [5.74, 6) is -1.31. The van der Waals surface area contributed by atoms with E-state index in [1.807, 2.05) is 0 Å². The highest BCUT2D eigenvalue weighted by Gasteiger charge is 2.35. The van der Waals surface area contributed by atoms with Crippen LogP contribution >= 0.6 is 0 Å². The Hall–Kier alpha value is -0.700. The van der Waals surface area contributed by atoms with Gasteiger partial charge in [0.25, 0.3) is 10.2 Å². The van der Waals surface area contributed by atoms with E-state index >= 15 is 0 Å². The van der Waals surface area contributed by atoms with Crippen molar-refractivity contribution in [1.82, 2.24) is 9.03 Å². The average Bonchev–Trinajstić information content (AvgIpc) is 2.28. The van der Waals surface area contributed by atoms with Crippen molar-refractivity contribution in [2.75, 3.05) is 26.8 Å². The maximum Gasteiger partial charge on any atom is 0.306 e. The van der Waals surface area contributed by atoms with Gasteiger partial charge in [-0.2, -0.15) is 17.4 Å². The van der Waals surface area contributed by atoms with Gasteiger partial charge in [0.15, 0.2) is 0 Å². The highest BCUT2D eigenvalue weighted by atomic mass is 32.2. The van der Waals surface area contributed by atoms with Crippen molar-refractivity contribution in [2.45, 2.75) is 25.8 Å². The monoisotopic (exact) mass is 280 g/mol. The molecule has 0 saturated carbocycles. The number of nitrogens with zero attached hydrogens (tertiary/aromatic N) is 1. The van der Waals surface area contributed by atoms with E-state index in [0.717, 1.165) is 0 Å². The quantitative estimate of drug-likeness (QED) is 0.648. The van der Waals surface area contributed by atoms with E-state index in [1.165, 1.54) is 11.4 Å². The van der Waals surface area contributed by atoms with Gasteiger partial charge in [-0.15, -0.1) is 0 Å². The van der Waals surface area contributed by atoms with Crippen LogP contribution in [0.1, 0.15) is 19.8 Å². The lowest BCUT2D eigenvalue weighted by Gasteiger charge is -2.35. The molecule has 0 bridgehead atoms. The van der Waals surface area contributed by atoms with Crippen LogP contribution in [0.25, 0.3) is 0 Å². The maximum atomic E-state index is 12.0. The van der Waals surface area contributed by atoms with Gasteiger partial charge in [0.05, 0.1) is 12.5 Å². The Labute approximate surface area is 107 Å². The second kappa shape index (κ2) is 6.46. The third-order valence-electron chi connectivity index (χ3n) is 3.06. The van der Waals surface area contributed by atoms with E-state index in [1.54, 1.807) is 6.92 Å². The molecular formula is C10H20N2O5S. The molecule has 2 atom stereocenters. The first kappa shape index (κ1) is 15.4. The first-order valence-electron chi connectivity index (χ1n) is 5.86. The molecule has 1 saturated heterocycles. The Morgan fingerprint density at radius 2 is 2.22 bits per heavy atom. The molecule has 1 rings (SSSR count). The van der Waals surface area contributed by atoms with Crippen LogP contribution in [0.15, 0.2) is 0 Å². The van der Waals surface area contributed by atoms with Crippen LogP contribution in [0.2, 0.25) is 0 Å². The van der Waals surface area contributed by atoms with Crippen molar-refractivity contribution in [3.05, 3.63) is 0 Å². The fraction of sp³-hybridized carbons (Fsp3) is 0.900. The molecule has 1 aliphatic rings. The SMILES string of the molecule is COCCNS(=O)(=O)N1CCC(C(=O)O)CC1C. The van der Waals surface area contributed by atoms with Crippen LogP contribution in [-0.2, 0) is 19.7 Å². The predicted molar refractivity (Wildman–Crippen MR) is 65.3 cm³/mol. The number of carbonyl (C=O) groups is 1. The molecule has 1 heterocycles. The Bertz CT molecular complexity index is 384. The van der Waals surface area contributed by atoms with Gasteiger partial charge in [-0.1, -0.05) is 0 Å². The average molecular weight is 280 g/mol. The van der Waals surface area contributed by atoms with Crippen LogP contribution in [0, 0.1) is 5.92 Å². The van der Waals surface area contributed by atoms with Gasteiger partial charge in [0.1, 0.15) is 0 Å². The number of carboxylic acid groups (broad SMARTS) is 1. The summed E-state index contributed by atoms with van der Waals surface area (Å²) in [5.41, 5.74) is 0. The standard InChI is InChI=1S/C10H20N2O5S/c1-8-7-9(10(13)14)3-5-12(8)18(15,16)11-4-6-17-2/h8-9,11H,3-7H2,1-2H3,(H,13,14). The molecule has 0 aromatic carbocycles. The highest BCUT2D eigenvalue weighted by Crippen LogP contribution is 2.24. The van der Waals surface area contributed by atoms with Gasteiger partial charge >= 0.3 is 5.97 Å². The summed E-state index contributed by atoms with van der Waals surface area (Å²) in [4.78, 5) is 10.9. The van der Waals surface area contributed by atoms with E-state index in [-0.39, 0.29) is 19.1 Å². The zero-order valence-electron chi connectivity index (χ0n) is 10.6. The summed E-state index contributed by atoms with van der Waals surface area (Å²) in [6.07, 6.45) is 0.700. The van der Waals surface area contributed by atoms with Crippen molar-refractivity contribution >= 4 is 16.2 Å². The topological polar surface area (TPSA) is 95.9 Å². The second-order valence-electron chi connectivity index (χ2n) is 4.41. The molecule has 2 N–H and O–H groups in total. The van der Waals surface area contributed by atoms with Crippen molar-refractivity contribution in [3.63, 3.8) is 0 Å². The molecule has 8 heteroatoms. The summed E-state index contributed by atoms with van der Waals surface area (Å²) in [5, 5.41) is 8.92. The van der Waals surface area contributed by atoms with E-state index < -0.39 is 22.1 Å². The van der Waals surface area contributed by atoms with Crippen LogP contribution in [0.4, 0.5) is 0 Å². The van der Waals surface area contributed by atoms with Gasteiger partial charge in [0, 0.05) is 26.2 Å². The number of nitrogens with one attached hydrogen (secondary N) is 1. The number of hydrogen-bond acceptors (Lipinski definition) is 4. The predicted octanol–water partition coefficient (Wildman–Crippen LogP) is -0.348. The van der Waals surface area contributed by atoms with Gasteiger partial charge in [-0.25, -0.2) is 0 Å². The van der Waals surface area contributed by atoms with Gasteiger partial charge in [-0.05, 0) is 19.8 Å². The lowest BCUT2D eigenvalue weighted by molar-refractivity contribution is -0.143. The third kappa shape index (κ3) is 3.91. The fourth-order valence-corrected chi connectivity index (χ4v) is 3.50. The smallest absolute Gasteiger partial charge is 0.306 e. The Morgan fingerprint density at radius 3 is 2.72 bits per heavy atom. The van der Waals surface area contributed by atoms with Crippen molar-refractivity contribution < 1.29 is 23.1 Å². The molecule has 2 unspecified atom stereocenters. The first-order valence-corrected chi connectivity index (χ1v) is 7.30. The number of piperidine rings is 1. The molecule has 18 heavy (non-hydrogen) atoms. The third-order valence-corrected chi connectivity index (χ3v) is 4.79. The number of methoxy groups -OCH3 is 1. The molecule has 0 radical (unpaired) electrons. The maximum absolute atomic E-state index is 12.0. The first-order chi connectivity index (χ1) is 8.38. The number of carboxylic acids is 1. The molecule has 1 aliphatic heterocycles. The molecule has 1 fully saturated rings. The van der Waals surface area contributed by atoms with Crippen molar-refractivity contribution in [1.29, 1.82) is 0 Å². The Balaban J connectivity index is 2.59. The molecule has 0 aromatic heterocycles. The molecule has 7 nitrogen and oxygen atoms in total. The molecule has 0 amide bonds. The van der Waals surface area contributed by atoms with E-state index in [9.17, 15) is 13.2 Å². The van der Waals surface area contributed by atoms with E-state index in [4.69, 9.17) is 9.84 Å². The zero-order valence-corrected chi connectivity index (χ0v) is 11.4. The zero-order chi connectivity index (χ0) is 13.8. The van der Waals surface area contributed by atoms with Crippen molar-refractivity contribution in [3.8, 4) is 0 Å². The van der Waals surface area contributed by atoms with Crippen LogP contribution < -0.4 is 4.72 Å². The molecule has 0 aliphatic carbocycles. The number of rotatable bonds is 6. The minimum Gasteiger partial charge on any atom is -0.481 e. The highest BCUT2D eigenvalue weighted by molar-refractivity contribution is 7.87. The Morgan fingerprint density at radius 1 is 1.56 bits per heavy atom. The summed E-state index contributed by atoms with van der Waals surface area (Å²) in [6, 6.07) is -0.306. The number of aliphatic carboxylic acids is 1. The molecule has 0 aromatic rings. The largest absolute Gasteiger partial charge is 0.481 e. The Kier molecular flexibility index (Phi) is 5.51. The molecule has 106 valence electrons. The minimum absolute atomic E-state index is 0.213. The number of ether oxygens (including phenoxy) is 1. The molecule has 0 spiro atoms. The fourth-order valence-electron chi connectivity index (χ4n) is 2.09. The van der Waals surface area contributed by atoms with Crippen molar-refractivity contribution in [2.24, 2.45) is 5.92 Å². The summed E-state index contributed by atoms with van der Waals surface area (Å²) in [7, 11) is -2.05. The van der Waals surface area contributed by atoms with Crippen LogP contribution in [0.3, 0.4) is 0 Å². The van der Waals surface area contributed by atoms with Crippen LogP contribution in [-0.4, -0.2) is 56.6 Å². The van der Waals surface area contributed by atoms with E-state index in [0.29, 0.717) is 19.4 Å². The second-order valence-corrected chi connectivity index (χ2v) is 6.12. The summed E-state index contributed by atoms with van der Waals surface area (Å²) >= 11 is 0. The van der Waals surface area contributed by atoms with Gasteiger partial charge < -0.3 is 9.84 Å². The lowest BCUT2D eigenvalue weighted by atomic mass is 9.93. The van der Waals surface area contributed by atoms with E-state index in [2.05, 4.69) is 4.72 Å². The summed E-state index contributed by atoms with van der Waals surface area (Å²) in [6.45, 7) is 2.48. The summed E-state index contributed by atoms with van der Waals surface area (Å²) < 4.78 is 32.4. The molecular weight excluding hydrogens is 260 g/mol. The number of hydrogen-bond donors (Lipinski definition) is 2. The van der Waals surface area contributed by atoms with Gasteiger partial charge in [-0.3, -0.25) is 4.79 Å². The van der Waals surface area contributed by atoms with Gasteiger partial charge in [0.2, 0.25) is 0 Å². The normalized spacial score (nSPS) is 26.1. The lowest BCUT2D eigenvalue weighted by Crippen LogP contribution is -2.50. The van der Waals surface area contributed by atoms with Crippen LogP contribution in [0.5, 0.6) is 0 Å².